The Hall–Kier alpha value is -2.12. The Labute approximate surface area is 135 Å². The number of nitrogens with zero attached hydrogens (tertiary/aromatic N) is 3. The predicted octanol–water partition coefficient (Wildman–Crippen LogP) is 1.19. The number of methoxy groups -OCH3 is 1. The molecule has 124 valence electrons. The van der Waals surface area contributed by atoms with E-state index in [1.54, 1.807) is 6.26 Å². The summed E-state index contributed by atoms with van der Waals surface area (Å²) in [4.78, 5) is 13.8. The van der Waals surface area contributed by atoms with E-state index >= 15 is 0 Å². The molecule has 3 heterocycles. The molecule has 0 unspecified atom stereocenters. The van der Waals surface area contributed by atoms with Gasteiger partial charge in [-0.15, -0.1) is 0 Å². The van der Waals surface area contributed by atoms with E-state index in [4.69, 9.17) is 9.15 Å². The van der Waals surface area contributed by atoms with E-state index in [0.717, 1.165) is 31.8 Å². The second-order valence-corrected chi connectivity index (χ2v) is 5.74. The summed E-state index contributed by atoms with van der Waals surface area (Å²) in [6, 6.07) is 6.19. The molecule has 0 aromatic carbocycles. The van der Waals surface area contributed by atoms with Gasteiger partial charge in [-0.3, -0.25) is 14.4 Å². The summed E-state index contributed by atoms with van der Waals surface area (Å²) in [6.45, 7) is 3.23. The van der Waals surface area contributed by atoms with Crippen molar-refractivity contribution in [3.05, 3.63) is 42.1 Å². The molecule has 7 nitrogen and oxygen atoms in total. The van der Waals surface area contributed by atoms with Crippen LogP contribution in [-0.2, 0) is 22.6 Å². The molecule has 0 fully saturated rings. The highest BCUT2D eigenvalue weighted by molar-refractivity contribution is 5.77. The molecule has 1 aliphatic heterocycles. The largest absolute Gasteiger partial charge is 0.468 e. The van der Waals surface area contributed by atoms with Gasteiger partial charge in [0, 0.05) is 32.9 Å². The van der Waals surface area contributed by atoms with Crippen molar-refractivity contribution in [3.63, 3.8) is 0 Å². The smallest absolute Gasteiger partial charge is 0.245 e. The van der Waals surface area contributed by atoms with Crippen LogP contribution in [0, 0.1) is 0 Å². The molecule has 0 bridgehead atoms. The average molecular weight is 318 g/mol. The Morgan fingerprint density at radius 2 is 2.43 bits per heavy atom. The second-order valence-electron chi connectivity index (χ2n) is 5.74. The summed E-state index contributed by atoms with van der Waals surface area (Å²) in [7, 11) is 1.52. The fourth-order valence-electron chi connectivity index (χ4n) is 2.98. The molecule has 0 radical (unpaired) electrons. The first-order valence-corrected chi connectivity index (χ1v) is 7.79. The Kier molecular flexibility index (Phi) is 5.09. The van der Waals surface area contributed by atoms with Crippen LogP contribution < -0.4 is 5.32 Å². The first-order valence-electron chi connectivity index (χ1n) is 7.79. The van der Waals surface area contributed by atoms with Crippen LogP contribution >= 0.6 is 0 Å². The molecule has 1 amide bonds. The molecular weight excluding hydrogens is 296 g/mol. The molecule has 0 saturated heterocycles. The molecule has 7 heteroatoms. The molecule has 1 aliphatic rings. The van der Waals surface area contributed by atoms with Gasteiger partial charge in [0.05, 0.1) is 24.5 Å². The Bertz CT molecular complexity index is 623. The average Bonchev–Trinajstić information content (AvgIpc) is 3.18. The van der Waals surface area contributed by atoms with Gasteiger partial charge in [0.25, 0.3) is 0 Å². The molecule has 1 N–H and O–H groups in total. The Morgan fingerprint density at radius 3 is 3.22 bits per heavy atom. The van der Waals surface area contributed by atoms with Crippen LogP contribution in [0.15, 0.2) is 35.1 Å². The van der Waals surface area contributed by atoms with Crippen molar-refractivity contribution in [2.45, 2.75) is 25.6 Å². The minimum atomic E-state index is -0.0866. The van der Waals surface area contributed by atoms with Gasteiger partial charge in [0.15, 0.2) is 0 Å². The number of nitrogens with one attached hydrogen (secondary N) is 1. The van der Waals surface area contributed by atoms with Crippen molar-refractivity contribution < 1.29 is 13.9 Å². The molecule has 1 atom stereocenters. The highest BCUT2D eigenvalue weighted by Gasteiger charge is 2.25. The summed E-state index contributed by atoms with van der Waals surface area (Å²) in [5.41, 5.74) is 1.19. The monoisotopic (exact) mass is 318 g/mol. The number of fused-ring (bicyclic) bond motifs is 1. The van der Waals surface area contributed by atoms with E-state index in [9.17, 15) is 4.79 Å². The maximum absolute atomic E-state index is 11.5. The molecule has 0 spiro atoms. The number of hydrogen-bond acceptors (Lipinski definition) is 5. The summed E-state index contributed by atoms with van der Waals surface area (Å²) < 4.78 is 12.3. The van der Waals surface area contributed by atoms with E-state index in [-0.39, 0.29) is 18.6 Å². The molecular formula is C16H22N4O3. The van der Waals surface area contributed by atoms with Crippen LogP contribution in [-0.4, -0.2) is 47.4 Å². The van der Waals surface area contributed by atoms with Crippen molar-refractivity contribution in [1.82, 2.24) is 20.0 Å². The van der Waals surface area contributed by atoms with E-state index in [1.807, 2.05) is 24.4 Å². The molecule has 2 aromatic rings. The second kappa shape index (κ2) is 7.43. The Morgan fingerprint density at radius 1 is 1.52 bits per heavy atom. The summed E-state index contributed by atoms with van der Waals surface area (Å²) in [5.74, 6) is 0.876. The van der Waals surface area contributed by atoms with Gasteiger partial charge in [-0.2, -0.15) is 5.10 Å². The number of carbonyl (C=O) groups excluding carboxylic acids is 1. The van der Waals surface area contributed by atoms with Gasteiger partial charge >= 0.3 is 0 Å². The van der Waals surface area contributed by atoms with Crippen LogP contribution in [0.4, 0.5) is 0 Å². The maximum atomic E-state index is 11.5. The van der Waals surface area contributed by atoms with Crippen LogP contribution in [0.2, 0.25) is 0 Å². The SMILES string of the molecule is COCC(=O)NCC[C@@H]1CN(Cc2ccco2)Cc2ccnn21. The highest BCUT2D eigenvalue weighted by Crippen LogP contribution is 2.24. The molecule has 2 aromatic heterocycles. The number of carbonyl (C=O) groups is 1. The quantitative estimate of drug-likeness (QED) is 0.830. The molecule has 23 heavy (non-hydrogen) atoms. The number of ether oxygens (including phenoxy) is 1. The normalized spacial score (nSPS) is 17.9. The number of furan rings is 1. The van der Waals surface area contributed by atoms with Gasteiger partial charge in [-0.25, -0.2) is 0 Å². The van der Waals surface area contributed by atoms with Crippen molar-refractivity contribution in [3.8, 4) is 0 Å². The number of aromatic nitrogens is 2. The van der Waals surface area contributed by atoms with Crippen LogP contribution in [0.1, 0.15) is 23.9 Å². The predicted molar refractivity (Wildman–Crippen MR) is 83.6 cm³/mol. The zero-order chi connectivity index (χ0) is 16.1. The van der Waals surface area contributed by atoms with Gasteiger partial charge in [0.2, 0.25) is 5.91 Å². The topological polar surface area (TPSA) is 72.5 Å². The van der Waals surface area contributed by atoms with Crippen molar-refractivity contribution in [2.75, 3.05) is 26.8 Å². The fraction of sp³-hybridized carbons (Fsp3) is 0.500. The highest BCUT2D eigenvalue weighted by atomic mass is 16.5. The third-order valence-corrected chi connectivity index (χ3v) is 3.99. The first-order chi connectivity index (χ1) is 11.3. The fourth-order valence-corrected chi connectivity index (χ4v) is 2.98. The van der Waals surface area contributed by atoms with Crippen molar-refractivity contribution in [1.29, 1.82) is 0 Å². The lowest BCUT2D eigenvalue weighted by Crippen LogP contribution is -2.39. The number of rotatable bonds is 7. The lowest BCUT2D eigenvalue weighted by Gasteiger charge is -2.33. The lowest BCUT2D eigenvalue weighted by atomic mass is 10.1. The molecule has 0 aliphatic carbocycles. The summed E-state index contributed by atoms with van der Waals surface area (Å²) in [5, 5.41) is 7.31. The Balaban J connectivity index is 1.59. The van der Waals surface area contributed by atoms with Crippen molar-refractivity contribution >= 4 is 5.91 Å². The minimum absolute atomic E-state index is 0.0866. The van der Waals surface area contributed by atoms with Crippen LogP contribution in [0.25, 0.3) is 0 Å². The van der Waals surface area contributed by atoms with Gasteiger partial charge in [0.1, 0.15) is 12.4 Å². The zero-order valence-corrected chi connectivity index (χ0v) is 13.3. The zero-order valence-electron chi connectivity index (χ0n) is 13.3. The van der Waals surface area contributed by atoms with E-state index in [2.05, 4.69) is 20.0 Å². The van der Waals surface area contributed by atoms with E-state index in [0.29, 0.717) is 6.54 Å². The van der Waals surface area contributed by atoms with Gasteiger partial charge in [-0.05, 0) is 24.6 Å². The molecule has 0 saturated carbocycles. The number of amides is 1. The first kappa shape index (κ1) is 15.8. The van der Waals surface area contributed by atoms with E-state index in [1.165, 1.54) is 12.8 Å². The third kappa shape index (κ3) is 4.00. The minimum Gasteiger partial charge on any atom is -0.468 e. The number of hydrogen-bond donors (Lipinski definition) is 1. The lowest BCUT2D eigenvalue weighted by molar-refractivity contribution is -0.124. The molecule has 3 rings (SSSR count). The van der Waals surface area contributed by atoms with Gasteiger partial charge < -0.3 is 14.5 Å². The van der Waals surface area contributed by atoms with Gasteiger partial charge in [-0.1, -0.05) is 0 Å². The van der Waals surface area contributed by atoms with Crippen LogP contribution in [0.3, 0.4) is 0 Å². The summed E-state index contributed by atoms with van der Waals surface area (Å²) >= 11 is 0. The standard InChI is InChI=1S/C16H22N4O3/c1-22-12-16(21)17-6-4-13-9-19(11-15-3-2-8-23-15)10-14-5-7-18-20(13)14/h2-3,5,7-8,13H,4,6,9-12H2,1H3,(H,17,21)/t13-/m1/s1. The van der Waals surface area contributed by atoms with Crippen molar-refractivity contribution in [2.24, 2.45) is 0 Å². The third-order valence-electron chi connectivity index (χ3n) is 3.99. The van der Waals surface area contributed by atoms with Crippen LogP contribution in [0.5, 0.6) is 0 Å². The summed E-state index contributed by atoms with van der Waals surface area (Å²) in [6.07, 6.45) is 4.37. The van der Waals surface area contributed by atoms with E-state index < -0.39 is 0 Å². The maximum Gasteiger partial charge on any atom is 0.245 e.